The standard InChI is InChI=1S/C88H64BN7/c1-5-7-47-75-59(4)93(66-37-17-10-18-38-66)82-54-65(55-83-84(82)89(75)76-48-25-28-51-79(76)95(83)68-41-21-12-22-42-68)64-36-29-35-63(53-64)58(3)52-60(6-2)69-45-30-46-72(88-91-86(61-31-13-8-14-32-61)90-87(92-88)62-33-15-9-16-34-62)85(69)96-78-50-27-24-44-71(78)74-56-73-70-43-23-26-49-77(70)94(80(73)57-81(74)96)67-39-19-11-20-40-67/h5-57H,1H2,2-4H3/b47-7-,58-52+,60-6+. The lowest BCUT2D eigenvalue weighted by molar-refractivity contribution is 1.06. The molecule has 12 aromatic carbocycles. The second-order valence-electron chi connectivity index (χ2n) is 24.7. The van der Waals surface area contributed by atoms with E-state index in [0.717, 1.165) is 123 Å². The molecule has 0 amide bonds. The smallest absolute Gasteiger partial charge is 0.251 e. The van der Waals surface area contributed by atoms with Crippen molar-refractivity contribution in [2.24, 2.45) is 0 Å². The zero-order valence-electron chi connectivity index (χ0n) is 53.5. The Balaban J connectivity index is 0.878. The molecule has 3 aromatic heterocycles. The van der Waals surface area contributed by atoms with Crippen LogP contribution in [0.15, 0.2) is 339 Å². The number of benzene rings is 12. The number of nitrogens with zero attached hydrogens (tertiary/aromatic N) is 7. The van der Waals surface area contributed by atoms with Crippen LogP contribution in [0.2, 0.25) is 0 Å². The Hall–Kier alpha value is -12.4. The molecule has 0 atom stereocenters. The van der Waals surface area contributed by atoms with Gasteiger partial charge in [-0.3, -0.25) is 0 Å². The normalized spacial score (nSPS) is 13.2. The maximum absolute atomic E-state index is 5.47. The fourth-order valence-corrected chi connectivity index (χ4v) is 14.9. The molecular formula is C88H64BN7. The van der Waals surface area contributed by atoms with Gasteiger partial charge in [0.1, 0.15) is 0 Å². The average molecular weight is 1230 g/mol. The van der Waals surface area contributed by atoms with Crippen LogP contribution >= 0.6 is 0 Å². The lowest BCUT2D eigenvalue weighted by atomic mass is 9.33. The lowest BCUT2D eigenvalue weighted by Crippen LogP contribution is -2.55. The maximum atomic E-state index is 5.47. The van der Waals surface area contributed by atoms with Gasteiger partial charge in [0.15, 0.2) is 17.5 Å². The first-order valence-electron chi connectivity index (χ1n) is 32.9. The van der Waals surface area contributed by atoms with Crippen LogP contribution in [0.5, 0.6) is 0 Å². The van der Waals surface area contributed by atoms with E-state index in [1.54, 1.807) is 0 Å². The van der Waals surface area contributed by atoms with E-state index in [-0.39, 0.29) is 6.71 Å². The van der Waals surface area contributed by atoms with Crippen LogP contribution in [0.25, 0.3) is 111 Å². The van der Waals surface area contributed by atoms with E-state index >= 15 is 0 Å². The van der Waals surface area contributed by atoms with Crippen molar-refractivity contribution in [3.05, 3.63) is 350 Å². The second kappa shape index (κ2) is 23.9. The predicted octanol–water partition coefficient (Wildman–Crippen LogP) is 21.3. The Labute approximate surface area is 559 Å². The molecule has 454 valence electrons. The number of rotatable bonds is 13. The minimum absolute atomic E-state index is 0.0260. The van der Waals surface area contributed by atoms with Crippen LogP contribution in [0.1, 0.15) is 31.9 Å². The van der Waals surface area contributed by atoms with E-state index in [9.17, 15) is 0 Å². The summed E-state index contributed by atoms with van der Waals surface area (Å²) in [7, 11) is 0. The lowest BCUT2D eigenvalue weighted by Gasteiger charge is -2.44. The van der Waals surface area contributed by atoms with E-state index in [4.69, 9.17) is 15.0 Å². The van der Waals surface area contributed by atoms with Crippen molar-refractivity contribution in [1.29, 1.82) is 0 Å². The molecule has 0 aliphatic carbocycles. The van der Waals surface area contributed by atoms with Gasteiger partial charge in [-0.05, 0) is 156 Å². The molecule has 8 heteroatoms. The van der Waals surface area contributed by atoms with Gasteiger partial charge in [-0.1, -0.05) is 237 Å². The van der Waals surface area contributed by atoms with Gasteiger partial charge in [0.2, 0.25) is 0 Å². The Bertz CT molecular complexity index is 5650. The minimum atomic E-state index is -0.0260. The van der Waals surface area contributed by atoms with Crippen LogP contribution in [-0.2, 0) is 0 Å². The van der Waals surface area contributed by atoms with Crippen molar-refractivity contribution in [3.63, 3.8) is 0 Å². The molecule has 0 N–H and O–H groups in total. The molecule has 0 unspecified atom stereocenters. The molecule has 0 fully saturated rings. The van der Waals surface area contributed by atoms with Crippen molar-refractivity contribution < 1.29 is 0 Å². The summed E-state index contributed by atoms with van der Waals surface area (Å²) >= 11 is 0. The highest BCUT2D eigenvalue weighted by Crippen LogP contribution is 2.48. The molecule has 17 rings (SSSR count). The van der Waals surface area contributed by atoms with E-state index in [1.807, 2.05) is 42.5 Å². The van der Waals surface area contributed by atoms with Crippen LogP contribution in [0, 0.1) is 0 Å². The third-order valence-corrected chi connectivity index (χ3v) is 19.2. The Morgan fingerprint density at radius 1 is 0.427 bits per heavy atom. The maximum Gasteiger partial charge on any atom is 0.251 e. The SMILES string of the molecule is C=C/C=C\C1=C(C)N(c2ccccc2)c2cc(-c3cccc(/C(C)=C/C(=C\C)c4cccc(-c5nc(-c6ccccc6)nc(-c6ccccc6)n5)c4-n4c5ccccc5c5cc6c7ccccc7n(-c7ccccc7)c6cc54)c3)cc3c2B1c1ccccc1N3c1ccccc1. The third kappa shape index (κ3) is 9.64. The second-order valence-corrected chi connectivity index (χ2v) is 24.7. The first kappa shape index (κ1) is 57.5. The molecule has 0 bridgehead atoms. The van der Waals surface area contributed by atoms with Crippen molar-refractivity contribution in [3.8, 4) is 56.7 Å². The zero-order valence-corrected chi connectivity index (χ0v) is 53.5. The van der Waals surface area contributed by atoms with E-state index in [2.05, 4.69) is 325 Å². The monoisotopic (exact) mass is 1230 g/mol. The topological polar surface area (TPSA) is 55.0 Å². The zero-order chi connectivity index (χ0) is 64.4. The number of fused-ring (bicyclic) bond motifs is 8. The van der Waals surface area contributed by atoms with Crippen molar-refractivity contribution in [1.82, 2.24) is 24.1 Å². The molecular weight excluding hydrogens is 1170 g/mol. The van der Waals surface area contributed by atoms with Crippen LogP contribution in [-0.4, -0.2) is 30.8 Å². The largest absolute Gasteiger partial charge is 0.315 e. The van der Waals surface area contributed by atoms with E-state index in [1.165, 1.54) is 32.9 Å². The first-order valence-corrected chi connectivity index (χ1v) is 32.9. The van der Waals surface area contributed by atoms with Gasteiger partial charge in [-0.15, -0.1) is 0 Å². The fraction of sp³-hybridized carbons (Fsp3) is 0.0341. The van der Waals surface area contributed by atoms with Crippen molar-refractivity contribution >= 4 is 101 Å². The van der Waals surface area contributed by atoms with Crippen molar-refractivity contribution in [2.45, 2.75) is 20.8 Å². The van der Waals surface area contributed by atoms with Gasteiger partial charge in [-0.2, -0.15) is 0 Å². The summed E-state index contributed by atoms with van der Waals surface area (Å²) in [6.45, 7) is 10.8. The third-order valence-electron chi connectivity index (χ3n) is 19.2. The molecule has 0 saturated carbocycles. The summed E-state index contributed by atoms with van der Waals surface area (Å²) in [6.07, 6.45) is 10.8. The molecule has 2 aliphatic heterocycles. The summed E-state index contributed by atoms with van der Waals surface area (Å²) in [5.74, 6) is 1.76. The van der Waals surface area contributed by atoms with Crippen LogP contribution in [0.3, 0.4) is 0 Å². The summed E-state index contributed by atoms with van der Waals surface area (Å²) in [4.78, 5) is 21.1. The fourth-order valence-electron chi connectivity index (χ4n) is 14.9. The molecule has 7 nitrogen and oxygen atoms in total. The molecule has 5 heterocycles. The Morgan fingerprint density at radius 2 is 0.948 bits per heavy atom. The Morgan fingerprint density at radius 3 is 1.58 bits per heavy atom. The summed E-state index contributed by atoms with van der Waals surface area (Å²) in [5.41, 5.74) is 26.3. The number of allylic oxidation sites excluding steroid dienone is 9. The van der Waals surface area contributed by atoms with Crippen LogP contribution < -0.4 is 20.7 Å². The van der Waals surface area contributed by atoms with Gasteiger partial charge in [0.25, 0.3) is 6.71 Å². The van der Waals surface area contributed by atoms with Gasteiger partial charge in [0, 0.05) is 83.6 Å². The quantitative estimate of drug-likeness (QED) is 0.0850. The minimum Gasteiger partial charge on any atom is -0.315 e. The molecule has 0 saturated heterocycles. The van der Waals surface area contributed by atoms with Gasteiger partial charge >= 0.3 is 0 Å². The number of aromatic nitrogens is 5. The van der Waals surface area contributed by atoms with Crippen molar-refractivity contribution in [2.75, 3.05) is 9.80 Å². The summed E-state index contributed by atoms with van der Waals surface area (Å²) < 4.78 is 4.88. The first-order chi connectivity index (χ1) is 47.4. The predicted molar refractivity (Wildman–Crippen MR) is 404 cm³/mol. The number of hydrogen-bond acceptors (Lipinski definition) is 5. The molecule has 0 spiro atoms. The molecule has 15 aromatic rings. The van der Waals surface area contributed by atoms with E-state index < -0.39 is 0 Å². The van der Waals surface area contributed by atoms with Gasteiger partial charge in [-0.25, -0.2) is 15.0 Å². The van der Waals surface area contributed by atoms with Gasteiger partial charge in [0.05, 0.1) is 27.8 Å². The summed E-state index contributed by atoms with van der Waals surface area (Å²) in [5, 5.41) is 4.69. The average Bonchev–Trinajstić information content (AvgIpc) is 1.63. The van der Waals surface area contributed by atoms with Crippen LogP contribution in [0.4, 0.5) is 28.4 Å². The number of para-hydroxylation sites is 7. The number of anilines is 5. The molecule has 2 aliphatic rings. The highest BCUT2D eigenvalue weighted by Gasteiger charge is 2.43. The number of hydrogen-bond donors (Lipinski definition) is 0. The molecule has 0 radical (unpaired) electrons. The highest BCUT2D eigenvalue weighted by atomic mass is 15.2. The van der Waals surface area contributed by atoms with Gasteiger partial charge < -0.3 is 18.9 Å². The Kier molecular flexibility index (Phi) is 14.3. The summed E-state index contributed by atoms with van der Waals surface area (Å²) in [6, 6.07) is 105. The highest BCUT2D eigenvalue weighted by molar-refractivity contribution is 6.95. The molecule has 96 heavy (non-hydrogen) atoms. The van der Waals surface area contributed by atoms with E-state index in [0.29, 0.717) is 17.5 Å².